The van der Waals surface area contributed by atoms with Gasteiger partial charge in [-0.3, -0.25) is 0 Å². The molecule has 0 aliphatic carbocycles. The average molecular weight is 246 g/mol. The van der Waals surface area contributed by atoms with Crippen molar-refractivity contribution in [2.75, 3.05) is 0 Å². The van der Waals surface area contributed by atoms with E-state index in [9.17, 15) is 0 Å². The van der Waals surface area contributed by atoms with Crippen LogP contribution in [0.25, 0.3) is 0 Å². The maximum absolute atomic E-state index is 6.07. The molecule has 2 unspecified atom stereocenters. The zero-order valence-electron chi connectivity index (χ0n) is 8.47. The van der Waals surface area contributed by atoms with Gasteiger partial charge in [0.15, 0.2) is 0 Å². The normalized spacial score (nSPS) is 23.7. The van der Waals surface area contributed by atoms with Gasteiger partial charge in [0.05, 0.1) is 11.1 Å². The van der Waals surface area contributed by atoms with Crippen LogP contribution in [-0.4, -0.2) is 6.10 Å². The fourth-order valence-corrected chi connectivity index (χ4v) is 2.45. The number of ether oxygens (including phenoxy) is 1. The summed E-state index contributed by atoms with van der Waals surface area (Å²) in [4.78, 5) is 0. The lowest BCUT2D eigenvalue weighted by Crippen LogP contribution is -2.24. The number of hydrogen-bond donors (Lipinski definition) is 1. The fourth-order valence-electron chi connectivity index (χ4n) is 1.90. The van der Waals surface area contributed by atoms with Crippen molar-refractivity contribution in [2.24, 2.45) is 5.73 Å². The van der Waals surface area contributed by atoms with Gasteiger partial charge in [-0.1, -0.05) is 36.5 Å². The molecule has 0 radical (unpaired) electrons. The first-order valence-corrected chi connectivity index (χ1v) is 5.80. The molecule has 0 saturated carbocycles. The second kappa shape index (κ2) is 4.20. The molecule has 82 valence electrons. The molecular weight excluding hydrogens is 233 g/mol. The van der Waals surface area contributed by atoms with Crippen LogP contribution in [0.3, 0.4) is 0 Å². The van der Waals surface area contributed by atoms with Gasteiger partial charge in [0.1, 0.15) is 11.9 Å². The summed E-state index contributed by atoms with van der Waals surface area (Å²) in [6.07, 6.45) is 2.00. The Kier molecular flexibility index (Phi) is 3.10. The van der Waals surface area contributed by atoms with E-state index in [-0.39, 0.29) is 12.1 Å². The van der Waals surface area contributed by atoms with E-state index in [2.05, 4.69) is 6.92 Å². The number of nitrogens with two attached hydrogens (primary N) is 1. The molecule has 0 bridgehead atoms. The molecule has 1 aliphatic heterocycles. The molecule has 0 fully saturated rings. The summed E-state index contributed by atoms with van der Waals surface area (Å²) in [6, 6.07) is 3.41. The van der Waals surface area contributed by atoms with Crippen LogP contribution in [0.15, 0.2) is 12.1 Å². The second-order valence-corrected chi connectivity index (χ2v) is 4.62. The van der Waals surface area contributed by atoms with Crippen LogP contribution in [0.4, 0.5) is 0 Å². The standard InChI is InChI=1S/C11H13Cl2NO/c1-2-3-9-10(14)7-4-6(12)5-8(13)11(7)15-9/h4-5,9-10H,2-3,14H2,1H3. The summed E-state index contributed by atoms with van der Waals surface area (Å²) in [5, 5.41) is 1.15. The molecule has 1 heterocycles. The highest BCUT2D eigenvalue weighted by Gasteiger charge is 2.32. The van der Waals surface area contributed by atoms with Crippen molar-refractivity contribution in [3.63, 3.8) is 0 Å². The molecule has 2 nitrogen and oxygen atoms in total. The number of hydrogen-bond acceptors (Lipinski definition) is 2. The summed E-state index contributed by atoms with van der Waals surface area (Å²) in [5.41, 5.74) is 6.99. The molecule has 0 saturated heterocycles. The van der Waals surface area contributed by atoms with Gasteiger partial charge in [-0.2, -0.15) is 0 Å². The third-order valence-electron chi connectivity index (χ3n) is 2.64. The predicted molar refractivity (Wildman–Crippen MR) is 62.7 cm³/mol. The Hall–Kier alpha value is -0.440. The molecule has 1 aromatic carbocycles. The zero-order chi connectivity index (χ0) is 11.0. The topological polar surface area (TPSA) is 35.2 Å². The number of halogens is 2. The van der Waals surface area contributed by atoms with Crippen LogP contribution in [0.2, 0.25) is 10.0 Å². The van der Waals surface area contributed by atoms with E-state index in [1.165, 1.54) is 0 Å². The minimum atomic E-state index is -0.115. The lowest BCUT2D eigenvalue weighted by atomic mass is 10.0. The average Bonchev–Trinajstić information content (AvgIpc) is 2.47. The Labute approximate surface area is 99.3 Å². The molecule has 15 heavy (non-hydrogen) atoms. The summed E-state index contributed by atoms with van der Waals surface area (Å²) in [5.74, 6) is 0.701. The second-order valence-electron chi connectivity index (χ2n) is 3.78. The van der Waals surface area contributed by atoms with Crippen molar-refractivity contribution in [3.05, 3.63) is 27.7 Å². The highest BCUT2D eigenvalue weighted by Crippen LogP contribution is 2.43. The Morgan fingerprint density at radius 3 is 2.80 bits per heavy atom. The van der Waals surface area contributed by atoms with Crippen LogP contribution in [-0.2, 0) is 0 Å². The van der Waals surface area contributed by atoms with Crippen molar-refractivity contribution in [1.82, 2.24) is 0 Å². The quantitative estimate of drug-likeness (QED) is 0.865. The molecular formula is C11H13Cl2NO. The van der Waals surface area contributed by atoms with Gasteiger partial charge in [-0.25, -0.2) is 0 Å². The third-order valence-corrected chi connectivity index (χ3v) is 3.14. The van der Waals surface area contributed by atoms with E-state index in [4.69, 9.17) is 33.7 Å². The lowest BCUT2D eigenvalue weighted by Gasteiger charge is -2.13. The Bertz CT molecular complexity index is 381. The van der Waals surface area contributed by atoms with Gasteiger partial charge >= 0.3 is 0 Å². The summed E-state index contributed by atoms with van der Waals surface area (Å²) >= 11 is 12.0. The first-order valence-electron chi connectivity index (χ1n) is 5.04. The molecule has 2 atom stereocenters. The van der Waals surface area contributed by atoms with E-state index in [1.807, 2.05) is 6.07 Å². The predicted octanol–water partition coefficient (Wildman–Crippen LogP) is 3.55. The zero-order valence-corrected chi connectivity index (χ0v) is 9.98. The summed E-state index contributed by atoms with van der Waals surface area (Å²) < 4.78 is 5.73. The van der Waals surface area contributed by atoms with Crippen molar-refractivity contribution in [3.8, 4) is 5.75 Å². The smallest absolute Gasteiger partial charge is 0.143 e. The van der Waals surface area contributed by atoms with Gasteiger partial charge in [-0.15, -0.1) is 0 Å². The lowest BCUT2D eigenvalue weighted by molar-refractivity contribution is 0.195. The van der Waals surface area contributed by atoms with E-state index >= 15 is 0 Å². The van der Waals surface area contributed by atoms with Gasteiger partial charge in [0.2, 0.25) is 0 Å². The van der Waals surface area contributed by atoms with Crippen LogP contribution in [0, 0.1) is 0 Å². The minimum absolute atomic E-state index is 0.0287. The number of benzene rings is 1. The molecule has 2 rings (SSSR count). The first kappa shape index (κ1) is 11.1. The third kappa shape index (κ3) is 1.94. The molecule has 0 aromatic heterocycles. The van der Waals surface area contributed by atoms with Crippen LogP contribution < -0.4 is 10.5 Å². The SMILES string of the molecule is CCCC1Oc2c(Cl)cc(Cl)cc2C1N. The van der Waals surface area contributed by atoms with Crippen molar-refractivity contribution in [2.45, 2.75) is 31.9 Å². The number of rotatable bonds is 2. The Balaban J connectivity index is 2.36. The summed E-state index contributed by atoms with van der Waals surface area (Å²) in [6.45, 7) is 2.10. The number of fused-ring (bicyclic) bond motifs is 1. The maximum atomic E-state index is 6.07. The van der Waals surface area contributed by atoms with Crippen LogP contribution in [0.1, 0.15) is 31.4 Å². The largest absolute Gasteiger partial charge is 0.487 e. The van der Waals surface area contributed by atoms with Crippen molar-refractivity contribution < 1.29 is 4.74 Å². The molecule has 4 heteroatoms. The van der Waals surface area contributed by atoms with Gasteiger partial charge in [0.25, 0.3) is 0 Å². The monoisotopic (exact) mass is 245 g/mol. The van der Waals surface area contributed by atoms with Gasteiger partial charge in [0, 0.05) is 10.6 Å². The Morgan fingerprint density at radius 1 is 1.40 bits per heavy atom. The maximum Gasteiger partial charge on any atom is 0.143 e. The van der Waals surface area contributed by atoms with E-state index in [1.54, 1.807) is 6.07 Å². The minimum Gasteiger partial charge on any atom is -0.487 e. The van der Waals surface area contributed by atoms with Crippen LogP contribution >= 0.6 is 23.2 Å². The summed E-state index contributed by atoms with van der Waals surface area (Å²) in [7, 11) is 0. The van der Waals surface area contributed by atoms with Gasteiger partial charge < -0.3 is 10.5 Å². The van der Waals surface area contributed by atoms with Crippen molar-refractivity contribution >= 4 is 23.2 Å². The Morgan fingerprint density at radius 2 is 2.13 bits per heavy atom. The van der Waals surface area contributed by atoms with E-state index in [0.29, 0.717) is 15.8 Å². The molecule has 1 aliphatic rings. The van der Waals surface area contributed by atoms with Crippen LogP contribution in [0.5, 0.6) is 5.75 Å². The van der Waals surface area contributed by atoms with Gasteiger partial charge in [-0.05, 0) is 18.6 Å². The fraction of sp³-hybridized carbons (Fsp3) is 0.455. The van der Waals surface area contributed by atoms with Crippen molar-refractivity contribution in [1.29, 1.82) is 0 Å². The highest BCUT2D eigenvalue weighted by molar-refractivity contribution is 6.35. The van der Waals surface area contributed by atoms with E-state index in [0.717, 1.165) is 18.4 Å². The van der Waals surface area contributed by atoms with E-state index < -0.39 is 0 Å². The molecule has 1 aromatic rings. The molecule has 0 spiro atoms. The molecule has 2 N–H and O–H groups in total. The highest BCUT2D eigenvalue weighted by atomic mass is 35.5. The molecule has 0 amide bonds. The first-order chi connectivity index (χ1) is 7.13.